The molecule has 0 aromatic heterocycles. The molecule has 1 aliphatic carbocycles. The van der Waals surface area contributed by atoms with Crippen LogP contribution in [0.25, 0.3) is 0 Å². The summed E-state index contributed by atoms with van der Waals surface area (Å²) in [7, 11) is 0. The summed E-state index contributed by atoms with van der Waals surface area (Å²) in [5, 5.41) is 13.7. The molecule has 1 fully saturated rings. The molecule has 0 heterocycles. The fourth-order valence-corrected chi connectivity index (χ4v) is 2.61. The highest BCUT2D eigenvalue weighted by Gasteiger charge is 2.38. The average Bonchev–Trinajstić information content (AvgIpc) is 3.28. The van der Waals surface area contributed by atoms with Crippen molar-refractivity contribution in [3.8, 4) is 0 Å². The van der Waals surface area contributed by atoms with Crippen molar-refractivity contribution in [2.24, 2.45) is 0 Å². The first-order valence-corrected chi connectivity index (χ1v) is 7.40. The lowest BCUT2D eigenvalue weighted by molar-refractivity contribution is 0.109. The Hall–Kier alpha value is -0.900. The van der Waals surface area contributed by atoms with E-state index >= 15 is 0 Å². The van der Waals surface area contributed by atoms with E-state index in [9.17, 15) is 5.11 Å². The Balaban J connectivity index is 2.24. The molecule has 1 unspecified atom stereocenters. The average molecular weight is 262 g/mol. The lowest BCUT2D eigenvalue weighted by atomic mass is 9.89. The molecular formula is C16H26N2O. The molecule has 3 nitrogen and oxygen atoms in total. The van der Waals surface area contributed by atoms with Gasteiger partial charge in [0.15, 0.2) is 0 Å². The van der Waals surface area contributed by atoms with Gasteiger partial charge in [0.1, 0.15) is 0 Å². The van der Waals surface area contributed by atoms with Crippen molar-refractivity contribution in [2.45, 2.75) is 38.3 Å². The van der Waals surface area contributed by atoms with Crippen LogP contribution in [0.5, 0.6) is 0 Å². The Kier molecular flexibility index (Phi) is 4.97. The van der Waals surface area contributed by atoms with Gasteiger partial charge in [-0.25, -0.2) is 0 Å². The van der Waals surface area contributed by atoms with Crippen LogP contribution in [0.2, 0.25) is 0 Å². The minimum Gasteiger partial charge on any atom is -0.394 e. The molecule has 106 valence electrons. The molecule has 0 spiro atoms. The summed E-state index contributed by atoms with van der Waals surface area (Å²) in [6.07, 6.45) is 2.46. The third-order valence-corrected chi connectivity index (χ3v) is 4.04. The SMILES string of the molecule is CCN(CC)CC(CO)(NC1CC1)c1ccccc1. The van der Waals surface area contributed by atoms with Gasteiger partial charge < -0.3 is 15.3 Å². The predicted octanol–water partition coefficient (Wildman–Crippen LogP) is 1.97. The van der Waals surface area contributed by atoms with Crippen molar-refractivity contribution in [2.75, 3.05) is 26.2 Å². The molecule has 19 heavy (non-hydrogen) atoms. The van der Waals surface area contributed by atoms with Crippen molar-refractivity contribution in [1.82, 2.24) is 10.2 Å². The highest BCUT2D eigenvalue weighted by Crippen LogP contribution is 2.29. The molecule has 1 aromatic carbocycles. The lowest BCUT2D eigenvalue weighted by Crippen LogP contribution is -2.54. The normalized spacial score (nSPS) is 18.5. The van der Waals surface area contributed by atoms with E-state index < -0.39 is 0 Å². The van der Waals surface area contributed by atoms with E-state index in [1.807, 2.05) is 6.07 Å². The van der Waals surface area contributed by atoms with Gasteiger partial charge in [0.25, 0.3) is 0 Å². The number of aliphatic hydroxyl groups is 1. The quantitative estimate of drug-likeness (QED) is 0.752. The topological polar surface area (TPSA) is 35.5 Å². The zero-order chi connectivity index (χ0) is 13.7. The van der Waals surface area contributed by atoms with Crippen LogP contribution >= 0.6 is 0 Å². The zero-order valence-electron chi connectivity index (χ0n) is 12.1. The van der Waals surface area contributed by atoms with E-state index in [2.05, 4.69) is 48.3 Å². The second-order valence-electron chi connectivity index (χ2n) is 5.49. The summed E-state index contributed by atoms with van der Waals surface area (Å²) in [5.74, 6) is 0. The first kappa shape index (κ1) is 14.5. The number of likely N-dealkylation sites (N-methyl/N-ethyl adjacent to an activating group) is 1. The molecule has 0 aliphatic heterocycles. The van der Waals surface area contributed by atoms with Crippen LogP contribution in [0.4, 0.5) is 0 Å². The van der Waals surface area contributed by atoms with Gasteiger partial charge in [-0.1, -0.05) is 44.2 Å². The van der Waals surface area contributed by atoms with E-state index in [1.165, 1.54) is 18.4 Å². The van der Waals surface area contributed by atoms with Gasteiger partial charge >= 0.3 is 0 Å². The van der Waals surface area contributed by atoms with Crippen LogP contribution < -0.4 is 5.32 Å². The van der Waals surface area contributed by atoms with Crippen LogP contribution in [0.15, 0.2) is 30.3 Å². The van der Waals surface area contributed by atoms with Gasteiger partial charge in [0, 0.05) is 12.6 Å². The van der Waals surface area contributed by atoms with E-state index in [-0.39, 0.29) is 12.1 Å². The maximum Gasteiger partial charge on any atom is 0.0799 e. The Bertz CT molecular complexity index is 374. The van der Waals surface area contributed by atoms with Crippen LogP contribution in [-0.2, 0) is 5.54 Å². The molecule has 1 saturated carbocycles. The molecule has 1 aliphatic rings. The Labute approximate surface area is 116 Å². The third kappa shape index (κ3) is 3.56. The van der Waals surface area contributed by atoms with Gasteiger partial charge in [-0.2, -0.15) is 0 Å². The number of rotatable bonds is 8. The number of nitrogens with zero attached hydrogens (tertiary/aromatic N) is 1. The van der Waals surface area contributed by atoms with E-state index in [0.29, 0.717) is 6.04 Å². The number of benzene rings is 1. The first-order chi connectivity index (χ1) is 9.24. The van der Waals surface area contributed by atoms with E-state index in [4.69, 9.17) is 0 Å². The van der Waals surface area contributed by atoms with Crippen LogP contribution in [0, 0.1) is 0 Å². The third-order valence-electron chi connectivity index (χ3n) is 4.04. The Morgan fingerprint density at radius 1 is 1.21 bits per heavy atom. The number of nitrogens with one attached hydrogen (secondary N) is 1. The summed E-state index contributed by atoms with van der Waals surface area (Å²) in [5.41, 5.74) is 0.866. The van der Waals surface area contributed by atoms with Crippen LogP contribution in [0.3, 0.4) is 0 Å². The van der Waals surface area contributed by atoms with Gasteiger partial charge in [0.2, 0.25) is 0 Å². The maximum absolute atomic E-state index is 10.1. The second-order valence-corrected chi connectivity index (χ2v) is 5.49. The Morgan fingerprint density at radius 2 is 1.84 bits per heavy atom. The monoisotopic (exact) mass is 262 g/mol. The van der Waals surface area contributed by atoms with Crippen molar-refractivity contribution >= 4 is 0 Å². The molecule has 0 amide bonds. The smallest absolute Gasteiger partial charge is 0.0799 e. The van der Waals surface area contributed by atoms with Crippen molar-refractivity contribution in [3.05, 3.63) is 35.9 Å². The zero-order valence-corrected chi connectivity index (χ0v) is 12.1. The molecule has 0 bridgehead atoms. The lowest BCUT2D eigenvalue weighted by Gasteiger charge is -2.38. The van der Waals surface area contributed by atoms with E-state index in [0.717, 1.165) is 19.6 Å². The van der Waals surface area contributed by atoms with Crippen molar-refractivity contribution < 1.29 is 5.11 Å². The second kappa shape index (κ2) is 6.51. The number of hydrogen-bond donors (Lipinski definition) is 2. The Morgan fingerprint density at radius 3 is 2.32 bits per heavy atom. The molecular weight excluding hydrogens is 236 g/mol. The molecule has 0 radical (unpaired) electrons. The molecule has 1 atom stereocenters. The largest absolute Gasteiger partial charge is 0.394 e. The van der Waals surface area contributed by atoms with E-state index in [1.54, 1.807) is 0 Å². The predicted molar refractivity (Wildman–Crippen MR) is 79.2 cm³/mol. The summed E-state index contributed by atoms with van der Waals surface area (Å²) in [6, 6.07) is 10.9. The first-order valence-electron chi connectivity index (χ1n) is 7.40. The summed E-state index contributed by atoms with van der Waals surface area (Å²) < 4.78 is 0. The maximum atomic E-state index is 10.1. The van der Waals surface area contributed by atoms with Gasteiger partial charge in [-0.3, -0.25) is 0 Å². The standard InChI is InChI=1S/C16H26N2O/c1-3-18(4-2)12-16(13-19,17-15-10-11-15)14-8-6-5-7-9-14/h5-9,15,17,19H,3-4,10-13H2,1-2H3. The highest BCUT2D eigenvalue weighted by molar-refractivity contribution is 5.26. The fourth-order valence-electron chi connectivity index (χ4n) is 2.61. The van der Waals surface area contributed by atoms with Gasteiger partial charge in [-0.15, -0.1) is 0 Å². The minimum atomic E-state index is -0.325. The van der Waals surface area contributed by atoms with Crippen LogP contribution in [-0.4, -0.2) is 42.3 Å². The molecule has 1 aromatic rings. The highest BCUT2D eigenvalue weighted by atomic mass is 16.3. The minimum absolute atomic E-state index is 0.143. The summed E-state index contributed by atoms with van der Waals surface area (Å²) >= 11 is 0. The summed E-state index contributed by atoms with van der Waals surface area (Å²) in [6.45, 7) is 7.37. The molecule has 0 saturated heterocycles. The van der Waals surface area contributed by atoms with Crippen molar-refractivity contribution in [1.29, 1.82) is 0 Å². The molecule has 2 rings (SSSR count). The fraction of sp³-hybridized carbons (Fsp3) is 0.625. The van der Waals surface area contributed by atoms with Crippen LogP contribution in [0.1, 0.15) is 32.3 Å². The molecule has 3 heteroatoms. The van der Waals surface area contributed by atoms with Crippen molar-refractivity contribution in [3.63, 3.8) is 0 Å². The van der Waals surface area contributed by atoms with Gasteiger partial charge in [-0.05, 0) is 31.5 Å². The van der Waals surface area contributed by atoms with Gasteiger partial charge in [0.05, 0.1) is 12.1 Å². The summed E-state index contributed by atoms with van der Waals surface area (Å²) in [4.78, 5) is 2.37. The number of aliphatic hydroxyl groups excluding tert-OH is 1. The number of hydrogen-bond acceptors (Lipinski definition) is 3. The molecule has 2 N–H and O–H groups in total.